The third kappa shape index (κ3) is 3.69. The second kappa shape index (κ2) is 6.53. The second-order valence-electron chi connectivity index (χ2n) is 3.73. The number of carbonyl (C=O) groups excluding carboxylic acids is 1. The van der Waals surface area contributed by atoms with Gasteiger partial charge in [0, 0.05) is 13.1 Å². The highest BCUT2D eigenvalue weighted by Crippen LogP contribution is 1.98. The maximum absolute atomic E-state index is 11.9. The molecular weight excluding hydrogens is 236 g/mol. The molecule has 0 aliphatic carbocycles. The zero-order valence-corrected chi connectivity index (χ0v) is 10.2. The molecule has 1 amide bonds. The van der Waals surface area contributed by atoms with Crippen molar-refractivity contribution in [2.75, 3.05) is 13.1 Å². The summed E-state index contributed by atoms with van der Waals surface area (Å²) >= 11 is 0. The minimum absolute atomic E-state index is 0.0197. The van der Waals surface area contributed by atoms with Gasteiger partial charge in [0.1, 0.15) is 6.54 Å². The van der Waals surface area contributed by atoms with Gasteiger partial charge < -0.3 is 10.0 Å². The first-order valence-electron chi connectivity index (χ1n) is 5.60. The molecule has 0 unspecified atom stereocenters. The number of carboxylic acid groups (broad SMARTS) is 1. The molecule has 0 saturated heterocycles. The zero-order valence-electron chi connectivity index (χ0n) is 10.2. The first kappa shape index (κ1) is 13.9. The Kier molecular flexibility index (Phi) is 5.04. The number of carboxylic acids is 1. The molecule has 0 aliphatic heterocycles. The van der Waals surface area contributed by atoms with Crippen LogP contribution in [0.15, 0.2) is 18.9 Å². The molecule has 1 heterocycles. The van der Waals surface area contributed by atoms with Gasteiger partial charge in [0.2, 0.25) is 5.91 Å². The Hall–Kier alpha value is -2.18. The van der Waals surface area contributed by atoms with Crippen LogP contribution in [0.25, 0.3) is 0 Å². The molecule has 98 valence electrons. The average molecular weight is 252 g/mol. The van der Waals surface area contributed by atoms with Crippen molar-refractivity contribution in [3.63, 3.8) is 0 Å². The van der Waals surface area contributed by atoms with Gasteiger partial charge in [-0.1, -0.05) is 18.2 Å². The van der Waals surface area contributed by atoms with Crippen molar-refractivity contribution in [1.29, 1.82) is 0 Å². The van der Waals surface area contributed by atoms with Crippen LogP contribution >= 0.6 is 0 Å². The van der Waals surface area contributed by atoms with Crippen LogP contribution < -0.4 is 0 Å². The van der Waals surface area contributed by atoms with Crippen LogP contribution in [-0.4, -0.2) is 50.0 Å². The Labute approximate surface area is 105 Å². The minimum Gasteiger partial charge on any atom is -0.476 e. The standard InChI is InChI=1S/C11H16N4O3/c1-3-5-14(6-4-2)10(16)8-15-7-9(11(17)18)12-13-15/h3,7H,1,4-6,8H2,2H3,(H,17,18). The van der Waals surface area contributed by atoms with Crippen molar-refractivity contribution in [3.8, 4) is 0 Å². The van der Waals surface area contributed by atoms with Crippen molar-refractivity contribution < 1.29 is 14.7 Å². The van der Waals surface area contributed by atoms with Crippen molar-refractivity contribution in [3.05, 3.63) is 24.5 Å². The molecule has 0 spiro atoms. The van der Waals surface area contributed by atoms with Gasteiger partial charge in [0.05, 0.1) is 6.20 Å². The van der Waals surface area contributed by atoms with Crippen molar-refractivity contribution in [2.24, 2.45) is 0 Å². The summed E-state index contributed by atoms with van der Waals surface area (Å²) in [6, 6.07) is 0. The summed E-state index contributed by atoms with van der Waals surface area (Å²) < 4.78 is 1.22. The molecule has 1 aromatic heterocycles. The number of carbonyl (C=O) groups is 2. The lowest BCUT2D eigenvalue weighted by Gasteiger charge is -2.19. The first-order valence-corrected chi connectivity index (χ1v) is 5.60. The maximum atomic E-state index is 11.9. The number of aromatic carboxylic acids is 1. The summed E-state index contributed by atoms with van der Waals surface area (Å²) in [7, 11) is 0. The smallest absolute Gasteiger partial charge is 0.358 e. The number of aromatic nitrogens is 3. The van der Waals surface area contributed by atoms with Gasteiger partial charge in [-0.05, 0) is 6.42 Å². The number of hydrogen-bond acceptors (Lipinski definition) is 4. The van der Waals surface area contributed by atoms with Gasteiger partial charge in [-0.15, -0.1) is 11.7 Å². The highest BCUT2D eigenvalue weighted by atomic mass is 16.4. The van der Waals surface area contributed by atoms with E-state index in [1.165, 1.54) is 10.9 Å². The molecule has 1 rings (SSSR count). The normalized spacial score (nSPS) is 10.1. The van der Waals surface area contributed by atoms with Crippen LogP contribution in [0.2, 0.25) is 0 Å². The first-order chi connectivity index (χ1) is 8.58. The quantitative estimate of drug-likeness (QED) is 0.710. The van der Waals surface area contributed by atoms with E-state index in [9.17, 15) is 9.59 Å². The molecule has 0 saturated carbocycles. The number of hydrogen-bond donors (Lipinski definition) is 1. The Morgan fingerprint density at radius 1 is 1.61 bits per heavy atom. The molecule has 0 radical (unpaired) electrons. The summed E-state index contributed by atoms with van der Waals surface area (Å²) in [6.07, 6.45) is 3.73. The molecule has 7 nitrogen and oxygen atoms in total. The van der Waals surface area contributed by atoms with E-state index in [-0.39, 0.29) is 18.1 Å². The summed E-state index contributed by atoms with van der Waals surface area (Å²) in [5.41, 5.74) is -0.173. The monoisotopic (exact) mass is 252 g/mol. The molecule has 0 atom stereocenters. The fourth-order valence-electron chi connectivity index (χ4n) is 1.46. The van der Waals surface area contributed by atoms with Gasteiger partial charge in [0.15, 0.2) is 5.69 Å². The molecule has 7 heteroatoms. The Morgan fingerprint density at radius 3 is 2.83 bits per heavy atom. The van der Waals surface area contributed by atoms with E-state index in [4.69, 9.17) is 5.11 Å². The van der Waals surface area contributed by atoms with Crippen molar-refractivity contribution in [1.82, 2.24) is 19.9 Å². The van der Waals surface area contributed by atoms with Crippen LogP contribution in [-0.2, 0) is 11.3 Å². The summed E-state index contributed by atoms with van der Waals surface area (Å²) in [5.74, 6) is -1.30. The summed E-state index contributed by atoms with van der Waals surface area (Å²) in [4.78, 5) is 24.2. The van der Waals surface area contributed by atoms with E-state index in [1.807, 2.05) is 6.92 Å². The lowest BCUT2D eigenvalue weighted by molar-refractivity contribution is -0.131. The SMILES string of the molecule is C=CCN(CCC)C(=O)Cn1cc(C(=O)O)nn1. The predicted molar refractivity (Wildman–Crippen MR) is 64.0 cm³/mol. The molecule has 1 aromatic rings. The Bertz CT molecular complexity index is 441. The molecule has 0 aliphatic rings. The molecule has 18 heavy (non-hydrogen) atoms. The van der Waals surface area contributed by atoms with Gasteiger partial charge in [-0.3, -0.25) is 4.79 Å². The molecule has 0 bridgehead atoms. The van der Waals surface area contributed by atoms with Crippen LogP contribution in [0.1, 0.15) is 23.8 Å². The second-order valence-corrected chi connectivity index (χ2v) is 3.73. The molecule has 0 fully saturated rings. The van der Waals surface area contributed by atoms with E-state index in [2.05, 4.69) is 16.9 Å². The minimum atomic E-state index is -1.16. The van der Waals surface area contributed by atoms with Gasteiger partial charge in [-0.2, -0.15) is 0 Å². The largest absolute Gasteiger partial charge is 0.476 e. The highest BCUT2D eigenvalue weighted by Gasteiger charge is 2.14. The predicted octanol–water partition coefficient (Wildman–Crippen LogP) is 0.401. The van der Waals surface area contributed by atoms with Crippen LogP contribution in [0, 0.1) is 0 Å². The fourth-order valence-corrected chi connectivity index (χ4v) is 1.46. The zero-order chi connectivity index (χ0) is 13.5. The van der Waals surface area contributed by atoms with E-state index in [1.54, 1.807) is 11.0 Å². The van der Waals surface area contributed by atoms with E-state index in [0.717, 1.165) is 6.42 Å². The van der Waals surface area contributed by atoms with Crippen LogP contribution in [0.3, 0.4) is 0 Å². The lowest BCUT2D eigenvalue weighted by atomic mass is 10.3. The highest BCUT2D eigenvalue weighted by molar-refractivity contribution is 5.84. The van der Waals surface area contributed by atoms with E-state index >= 15 is 0 Å². The third-order valence-corrected chi connectivity index (χ3v) is 2.25. The van der Waals surface area contributed by atoms with Crippen LogP contribution in [0.4, 0.5) is 0 Å². The lowest BCUT2D eigenvalue weighted by Crippen LogP contribution is -2.34. The Balaban J connectivity index is 2.66. The van der Waals surface area contributed by atoms with Gasteiger partial charge in [-0.25, -0.2) is 9.48 Å². The number of rotatable bonds is 7. The van der Waals surface area contributed by atoms with Crippen molar-refractivity contribution in [2.45, 2.75) is 19.9 Å². The summed E-state index contributed by atoms with van der Waals surface area (Å²) in [5, 5.41) is 15.7. The van der Waals surface area contributed by atoms with Crippen LogP contribution in [0.5, 0.6) is 0 Å². The summed E-state index contributed by atoms with van der Waals surface area (Å²) in [6.45, 7) is 6.64. The molecule has 1 N–H and O–H groups in total. The maximum Gasteiger partial charge on any atom is 0.358 e. The fraction of sp³-hybridized carbons (Fsp3) is 0.455. The average Bonchev–Trinajstić information content (AvgIpc) is 2.77. The third-order valence-electron chi connectivity index (χ3n) is 2.25. The van der Waals surface area contributed by atoms with E-state index < -0.39 is 5.97 Å². The Morgan fingerprint density at radius 2 is 2.33 bits per heavy atom. The topological polar surface area (TPSA) is 88.3 Å². The number of nitrogens with zero attached hydrogens (tertiary/aromatic N) is 4. The van der Waals surface area contributed by atoms with Gasteiger partial charge >= 0.3 is 5.97 Å². The van der Waals surface area contributed by atoms with Crippen molar-refractivity contribution >= 4 is 11.9 Å². The molecular formula is C11H16N4O3. The van der Waals surface area contributed by atoms with E-state index in [0.29, 0.717) is 13.1 Å². The molecule has 0 aromatic carbocycles. The van der Waals surface area contributed by atoms with Gasteiger partial charge in [0.25, 0.3) is 0 Å². The number of amides is 1.